The third-order valence-electron chi connectivity index (χ3n) is 8.44. The van der Waals surface area contributed by atoms with Gasteiger partial charge < -0.3 is 9.97 Å². The Morgan fingerprint density at radius 2 is 1.00 bits per heavy atom. The van der Waals surface area contributed by atoms with Gasteiger partial charge in [-0.1, -0.05) is 24.3 Å². The van der Waals surface area contributed by atoms with Gasteiger partial charge in [0.05, 0.1) is 28.3 Å². The predicted octanol–water partition coefficient (Wildman–Crippen LogP) is 8.66. The summed E-state index contributed by atoms with van der Waals surface area (Å²) < 4.78 is 0. The number of rotatable bonds is 4. The molecule has 8 bridgehead atoms. The van der Waals surface area contributed by atoms with Gasteiger partial charge in [-0.15, -0.1) is 0 Å². The van der Waals surface area contributed by atoms with Gasteiger partial charge in [0.15, 0.2) is 0 Å². The highest BCUT2D eigenvalue weighted by molar-refractivity contribution is 6.10. The van der Waals surface area contributed by atoms with E-state index in [1.807, 2.05) is 67.3 Å². The summed E-state index contributed by atoms with van der Waals surface area (Å²) in [6.07, 6.45) is 20.9. The number of aromatic amines is 2. The van der Waals surface area contributed by atoms with E-state index in [1.165, 1.54) is 0 Å². The molecule has 2 aliphatic rings. The molecule has 48 heavy (non-hydrogen) atoms. The van der Waals surface area contributed by atoms with Crippen LogP contribution in [0, 0.1) is 0 Å². The van der Waals surface area contributed by atoms with Crippen LogP contribution in [0.5, 0.6) is 0 Å². The van der Waals surface area contributed by atoms with Crippen LogP contribution in [0.1, 0.15) is 28.3 Å². The first kappa shape index (κ1) is 27.5. The van der Waals surface area contributed by atoms with Gasteiger partial charge in [-0.2, -0.15) is 0 Å². The Hall–Kier alpha value is -6.80. The number of hydrogen-bond donors (Lipinski definition) is 2. The SMILES string of the molecule is C1=Cc2cc3[nH]c(c(-c4cccnc4)c4nc(cc5ccc(cc1n2)[nH]5)C=C4c1cccnc1)c(-c1cccnc1)c3-c1cccnc1. The van der Waals surface area contributed by atoms with E-state index in [9.17, 15) is 0 Å². The second-order valence-corrected chi connectivity index (χ2v) is 11.5. The van der Waals surface area contributed by atoms with Gasteiger partial charge in [0.2, 0.25) is 0 Å². The average molecular weight is 619 g/mol. The van der Waals surface area contributed by atoms with Crippen molar-refractivity contribution >= 4 is 45.9 Å². The number of aromatic nitrogens is 8. The molecule has 0 fully saturated rings. The third-order valence-corrected chi connectivity index (χ3v) is 8.44. The molecule has 226 valence electrons. The van der Waals surface area contributed by atoms with Crippen molar-refractivity contribution in [2.45, 2.75) is 0 Å². The van der Waals surface area contributed by atoms with E-state index in [2.05, 4.69) is 84.5 Å². The summed E-state index contributed by atoms with van der Waals surface area (Å²) in [7, 11) is 0. The van der Waals surface area contributed by atoms with Crippen molar-refractivity contribution in [3.05, 3.63) is 157 Å². The molecule has 2 N–H and O–H groups in total. The molecule has 2 aliphatic heterocycles. The molecule has 0 atom stereocenters. The zero-order chi connectivity index (χ0) is 31.9. The van der Waals surface area contributed by atoms with Gasteiger partial charge >= 0.3 is 0 Å². The van der Waals surface area contributed by atoms with Gasteiger partial charge in [-0.05, 0) is 72.8 Å². The number of pyridine rings is 4. The molecule has 0 unspecified atom stereocenters. The summed E-state index contributed by atoms with van der Waals surface area (Å²) in [4.78, 5) is 35.8. The smallest absolute Gasteiger partial charge is 0.0816 e. The van der Waals surface area contributed by atoms with E-state index < -0.39 is 0 Å². The molecule has 8 heteroatoms. The first-order valence-corrected chi connectivity index (χ1v) is 15.6. The summed E-state index contributed by atoms with van der Waals surface area (Å²) in [5.74, 6) is 0. The molecule has 0 amide bonds. The lowest BCUT2D eigenvalue weighted by Gasteiger charge is -2.11. The number of fused-ring (bicyclic) bond motifs is 8. The van der Waals surface area contributed by atoms with E-state index in [0.29, 0.717) is 0 Å². The van der Waals surface area contributed by atoms with E-state index >= 15 is 0 Å². The van der Waals surface area contributed by atoms with Gasteiger partial charge in [-0.3, -0.25) is 19.9 Å². The van der Waals surface area contributed by atoms with E-state index in [4.69, 9.17) is 9.97 Å². The maximum atomic E-state index is 5.34. The largest absolute Gasteiger partial charge is 0.355 e. The predicted molar refractivity (Wildman–Crippen MR) is 191 cm³/mol. The standard InChI is InChI=1S/C40H26N8/c1-5-25(21-41-13-1)34-19-33-18-31-10-9-29(45-31)17-30-11-12-32(46-30)20-35-36(26-6-2-14-42-22-26)37(27-7-3-15-43-23-27)40(48-35)38(39(34)47-33)28-8-4-16-44-24-28/h1-24,45,48H. The van der Waals surface area contributed by atoms with Crippen molar-refractivity contribution in [3.63, 3.8) is 0 Å². The first-order chi connectivity index (χ1) is 23.8. The van der Waals surface area contributed by atoms with Crippen molar-refractivity contribution in [3.8, 4) is 33.4 Å². The maximum Gasteiger partial charge on any atom is 0.0816 e. The fourth-order valence-electron chi connectivity index (χ4n) is 6.40. The number of hydrogen-bond acceptors (Lipinski definition) is 6. The van der Waals surface area contributed by atoms with Crippen molar-refractivity contribution in [2.75, 3.05) is 0 Å². The Morgan fingerprint density at radius 1 is 0.458 bits per heavy atom. The fraction of sp³-hybridized carbons (Fsp3) is 0. The van der Waals surface area contributed by atoms with Crippen LogP contribution in [0.15, 0.2) is 128 Å². The molecule has 8 nitrogen and oxygen atoms in total. The van der Waals surface area contributed by atoms with Crippen molar-refractivity contribution in [1.29, 1.82) is 0 Å². The van der Waals surface area contributed by atoms with Gasteiger partial charge in [0.1, 0.15) is 0 Å². The molecule has 0 aromatic carbocycles. The molecule has 0 saturated carbocycles. The highest BCUT2D eigenvalue weighted by Crippen LogP contribution is 2.45. The Morgan fingerprint density at radius 3 is 1.60 bits per heavy atom. The number of nitrogens with zero attached hydrogens (tertiary/aromatic N) is 6. The van der Waals surface area contributed by atoms with Crippen LogP contribution in [-0.4, -0.2) is 39.9 Å². The molecule has 0 radical (unpaired) electrons. The van der Waals surface area contributed by atoms with Crippen LogP contribution in [-0.2, 0) is 0 Å². The minimum Gasteiger partial charge on any atom is -0.355 e. The molecule has 0 spiro atoms. The fourth-order valence-corrected chi connectivity index (χ4v) is 6.40. The lowest BCUT2D eigenvalue weighted by molar-refractivity contribution is 1.27. The minimum atomic E-state index is 0.803. The summed E-state index contributed by atoms with van der Waals surface area (Å²) >= 11 is 0. The molecular weight excluding hydrogens is 592 g/mol. The lowest BCUT2D eigenvalue weighted by atomic mass is 9.92. The summed E-state index contributed by atoms with van der Waals surface area (Å²) in [6.45, 7) is 0. The average Bonchev–Trinajstić information content (AvgIpc) is 3.94. The highest BCUT2D eigenvalue weighted by Gasteiger charge is 2.24. The van der Waals surface area contributed by atoms with Gasteiger partial charge in [0.25, 0.3) is 0 Å². The normalized spacial score (nSPS) is 12.2. The Bertz CT molecular complexity index is 2530. The molecule has 0 saturated heterocycles. The number of H-pyrrole nitrogens is 2. The van der Waals surface area contributed by atoms with Crippen LogP contribution in [0.2, 0.25) is 0 Å². The van der Waals surface area contributed by atoms with Crippen molar-refractivity contribution in [2.24, 2.45) is 0 Å². The molecule has 7 aromatic heterocycles. The van der Waals surface area contributed by atoms with Gasteiger partial charge in [0, 0.05) is 111 Å². The second-order valence-electron chi connectivity index (χ2n) is 11.5. The maximum absolute atomic E-state index is 5.34. The Balaban J connectivity index is 1.54. The van der Waals surface area contributed by atoms with Crippen molar-refractivity contribution in [1.82, 2.24) is 39.9 Å². The molecule has 9 rings (SSSR count). The highest BCUT2D eigenvalue weighted by atomic mass is 14.8. The summed E-state index contributed by atoms with van der Waals surface area (Å²) in [6, 6.07) is 26.4. The third kappa shape index (κ3) is 4.98. The quantitative estimate of drug-likeness (QED) is 0.204. The molecular formula is C40H26N8. The van der Waals surface area contributed by atoms with Crippen LogP contribution < -0.4 is 0 Å². The zero-order valence-corrected chi connectivity index (χ0v) is 25.5. The monoisotopic (exact) mass is 618 g/mol. The second kappa shape index (κ2) is 11.5. The van der Waals surface area contributed by atoms with Crippen LogP contribution >= 0.6 is 0 Å². The first-order valence-electron chi connectivity index (χ1n) is 15.6. The molecule has 9 heterocycles. The Kier molecular flexibility index (Phi) is 6.61. The van der Waals surface area contributed by atoms with E-state index in [1.54, 1.807) is 24.8 Å². The zero-order valence-electron chi connectivity index (χ0n) is 25.5. The topological polar surface area (TPSA) is 109 Å². The van der Waals surface area contributed by atoms with E-state index in [0.717, 1.165) is 89.4 Å². The summed E-state index contributed by atoms with van der Waals surface area (Å²) in [5, 5.41) is 0. The summed E-state index contributed by atoms with van der Waals surface area (Å²) in [5.41, 5.74) is 14.6. The van der Waals surface area contributed by atoms with Gasteiger partial charge in [-0.25, -0.2) is 9.97 Å². The van der Waals surface area contributed by atoms with Crippen LogP contribution in [0.4, 0.5) is 0 Å². The molecule has 7 aromatic rings. The Labute approximate surface area is 275 Å². The van der Waals surface area contributed by atoms with Crippen LogP contribution in [0.25, 0.3) is 79.2 Å². The molecule has 0 aliphatic carbocycles. The van der Waals surface area contributed by atoms with Crippen molar-refractivity contribution < 1.29 is 0 Å². The van der Waals surface area contributed by atoms with E-state index in [-0.39, 0.29) is 0 Å². The number of nitrogens with one attached hydrogen (secondary N) is 2. The van der Waals surface area contributed by atoms with Crippen LogP contribution in [0.3, 0.4) is 0 Å². The minimum absolute atomic E-state index is 0.803. The lowest BCUT2D eigenvalue weighted by Crippen LogP contribution is -1.94.